The topological polar surface area (TPSA) is 96.4 Å². The van der Waals surface area contributed by atoms with E-state index in [1.165, 1.54) is 23.1 Å². The Bertz CT molecular complexity index is 1230. The molecule has 184 valence electrons. The number of nitrogens with one attached hydrogen (secondary N) is 1. The third-order valence-electron chi connectivity index (χ3n) is 5.97. The second kappa shape index (κ2) is 8.82. The SMILES string of the molecule is O=C1CCC(N2Cc3cc(CNC(=O)C(F)(F)c4ncccc4C(F)(F)F)ccc3C2=O)C(=O)C1. The molecule has 0 radical (unpaired) electrons. The largest absolute Gasteiger partial charge is 0.418 e. The second-order valence-corrected chi connectivity index (χ2v) is 8.32. The third-order valence-corrected chi connectivity index (χ3v) is 5.97. The molecule has 0 saturated heterocycles. The predicted octanol–water partition coefficient (Wildman–Crippen LogP) is 3.16. The van der Waals surface area contributed by atoms with Crippen molar-refractivity contribution in [1.29, 1.82) is 0 Å². The smallest absolute Gasteiger partial charge is 0.346 e. The maximum Gasteiger partial charge on any atom is 0.418 e. The van der Waals surface area contributed by atoms with Crippen molar-refractivity contribution in [3.63, 3.8) is 0 Å². The van der Waals surface area contributed by atoms with Gasteiger partial charge in [-0.05, 0) is 35.7 Å². The first kappa shape index (κ1) is 24.4. The maximum atomic E-state index is 14.6. The van der Waals surface area contributed by atoms with Crippen molar-refractivity contribution >= 4 is 23.4 Å². The predicted molar refractivity (Wildman–Crippen MR) is 109 cm³/mol. The Labute approximate surface area is 195 Å². The highest BCUT2D eigenvalue weighted by molar-refractivity contribution is 6.07. The zero-order chi connectivity index (χ0) is 25.5. The molecule has 12 heteroatoms. The number of fused-ring (bicyclic) bond motifs is 1. The number of Topliss-reactive ketones (excluding diaryl/α,β-unsaturated/α-hetero) is 2. The summed E-state index contributed by atoms with van der Waals surface area (Å²) < 4.78 is 68.4. The summed E-state index contributed by atoms with van der Waals surface area (Å²) in [5, 5.41) is 1.92. The zero-order valence-corrected chi connectivity index (χ0v) is 18.0. The maximum absolute atomic E-state index is 14.6. The van der Waals surface area contributed by atoms with Crippen molar-refractivity contribution in [3.05, 3.63) is 64.5 Å². The number of benzene rings is 1. The van der Waals surface area contributed by atoms with E-state index < -0.39 is 47.8 Å². The van der Waals surface area contributed by atoms with Gasteiger partial charge in [0.2, 0.25) is 0 Å². The number of alkyl halides is 5. The number of hydrogen-bond donors (Lipinski definition) is 1. The molecule has 1 aliphatic heterocycles. The minimum Gasteiger partial charge on any atom is -0.346 e. The molecule has 0 bridgehead atoms. The van der Waals surface area contributed by atoms with Gasteiger partial charge in [0, 0.05) is 31.3 Å². The van der Waals surface area contributed by atoms with Crippen molar-refractivity contribution in [2.24, 2.45) is 0 Å². The molecular formula is C23H18F5N3O4. The van der Waals surface area contributed by atoms with Crippen LogP contribution < -0.4 is 5.32 Å². The molecule has 1 unspecified atom stereocenters. The highest BCUT2D eigenvalue weighted by Crippen LogP contribution is 2.38. The van der Waals surface area contributed by atoms with Gasteiger partial charge in [-0.15, -0.1) is 0 Å². The van der Waals surface area contributed by atoms with Gasteiger partial charge in [0.05, 0.1) is 18.0 Å². The Kier molecular flexibility index (Phi) is 6.16. The van der Waals surface area contributed by atoms with Crippen LogP contribution >= 0.6 is 0 Å². The fourth-order valence-electron chi connectivity index (χ4n) is 4.23. The number of halogens is 5. The first-order chi connectivity index (χ1) is 16.4. The zero-order valence-electron chi connectivity index (χ0n) is 18.0. The summed E-state index contributed by atoms with van der Waals surface area (Å²) in [6.45, 7) is -0.374. The van der Waals surface area contributed by atoms with E-state index in [1.807, 2.05) is 5.32 Å². The molecule has 0 spiro atoms. The summed E-state index contributed by atoms with van der Waals surface area (Å²) in [4.78, 5) is 53.0. The number of amides is 2. The molecular weight excluding hydrogens is 477 g/mol. The van der Waals surface area contributed by atoms with Crippen LogP contribution in [0.3, 0.4) is 0 Å². The van der Waals surface area contributed by atoms with Crippen molar-refractivity contribution in [2.45, 2.75) is 50.5 Å². The Hall–Kier alpha value is -3.70. The van der Waals surface area contributed by atoms with E-state index in [1.54, 1.807) is 0 Å². The van der Waals surface area contributed by atoms with Crippen LogP contribution in [0.1, 0.15) is 52.0 Å². The van der Waals surface area contributed by atoms with E-state index in [4.69, 9.17) is 0 Å². The Morgan fingerprint density at radius 2 is 1.86 bits per heavy atom. The van der Waals surface area contributed by atoms with Crippen LogP contribution in [-0.2, 0) is 39.6 Å². The van der Waals surface area contributed by atoms with Crippen molar-refractivity contribution in [3.8, 4) is 0 Å². The lowest BCUT2D eigenvalue weighted by atomic mass is 9.92. The Morgan fingerprint density at radius 3 is 2.54 bits per heavy atom. The molecule has 1 aliphatic carbocycles. The van der Waals surface area contributed by atoms with Gasteiger partial charge in [-0.1, -0.05) is 12.1 Å². The van der Waals surface area contributed by atoms with Crippen molar-refractivity contribution < 1.29 is 41.1 Å². The quantitative estimate of drug-likeness (QED) is 0.508. The number of rotatable bonds is 5. The number of aromatic nitrogens is 1. The molecule has 7 nitrogen and oxygen atoms in total. The summed E-state index contributed by atoms with van der Waals surface area (Å²) >= 11 is 0. The molecule has 1 fully saturated rings. The first-order valence-corrected chi connectivity index (χ1v) is 10.6. The van der Waals surface area contributed by atoms with Crippen molar-refractivity contribution in [1.82, 2.24) is 15.2 Å². The van der Waals surface area contributed by atoms with E-state index in [2.05, 4.69) is 4.98 Å². The van der Waals surface area contributed by atoms with Crippen LogP contribution in [0, 0.1) is 0 Å². The number of carbonyl (C=O) groups is 4. The molecule has 2 aromatic rings. The molecule has 1 N–H and O–H groups in total. The van der Waals surface area contributed by atoms with Crippen molar-refractivity contribution in [2.75, 3.05) is 0 Å². The fraction of sp³-hybridized carbons (Fsp3) is 0.348. The lowest BCUT2D eigenvalue weighted by molar-refractivity contribution is -0.154. The van der Waals surface area contributed by atoms with Crippen LogP contribution in [0.2, 0.25) is 0 Å². The summed E-state index contributed by atoms with van der Waals surface area (Å²) in [6, 6.07) is 4.86. The lowest BCUT2D eigenvalue weighted by Gasteiger charge is -2.29. The molecule has 4 rings (SSSR count). The average molecular weight is 495 g/mol. The van der Waals surface area contributed by atoms with E-state index in [-0.39, 0.29) is 37.4 Å². The first-order valence-electron chi connectivity index (χ1n) is 10.6. The van der Waals surface area contributed by atoms with Crippen LogP contribution in [0.15, 0.2) is 36.5 Å². The highest BCUT2D eigenvalue weighted by atomic mass is 19.4. The summed E-state index contributed by atoms with van der Waals surface area (Å²) in [7, 11) is 0. The summed E-state index contributed by atoms with van der Waals surface area (Å²) in [6.07, 6.45) is -4.21. The van der Waals surface area contributed by atoms with Crippen LogP contribution in [0.4, 0.5) is 22.0 Å². The van der Waals surface area contributed by atoms with Gasteiger partial charge in [-0.25, -0.2) is 0 Å². The minimum atomic E-state index is -5.13. The van der Waals surface area contributed by atoms with E-state index >= 15 is 0 Å². The average Bonchev–Trinajstić information content (AvgIpc) is 3.12. The van der Waals surface area contributed by atoms with E-state index in [0.717, 1.165) is 12.3 Å². The third kappa shape index (κ3) is 4.64. The highest BCUT2D eigenvalue weighted by Gasteiger charge is 2.49. The fourth-order valence-corrected chi connectivity index (χ4v) is 4.23. The molecule has 2 amide bonds. The van der Waals surface area contributed by atoms with Gasteiger partial charge in [-0.3, -0.25) is 24.2 Å². The van der Waals surface area contributed by atoms with Gasteiger partial charge in [0.15, 0.2) is 5.78 Å². The molecule has 1 aromatic carbocycles. The Morgan fingerprint density at radius 1 is 1.11 bits per heavy atom. The van der Waals surface area contributed by atoms with Gasteiger partial charge in [0.1, 0.15) is 11.5 Å². The number of pyridine rings is 1. The van der Waals surface area contributed by atoms with Gasteiger partial charge in [0.25, 0.3) is 11.8 Å². The normalized spacial score (nSPS) is 18.6. The molecule has 2 heterocycles. The van der Waals surface area contributed by atoms with Gasteiger partial charge >= 0.3 is 12.1 Å². The molecule has 2 aliphatic rings. The second-order valence-electron chi connectivity index (χ2n) is 8.32. The molecule has 1 atom stereocenters. The number of hydrogen-bond acceptors (Lipinski definition) is 5. The van der Waals surface area contributed by atoms with E-state index in [9.17, 15) is 41.1 Å². The van der Waals surface area contributed by atoms with E-state index in [0.29, 0.717) is 22.8 Å². The number of carbonyl (C=O) groups excluding carboxylic acids is 4. The van der Waals surface area contributed by atoms with Crippen LogP contribution in [0.25, 0.3) is 0 Å². The lowest BCUT2D eigenvalue weighted by Crippen LogP contribution is -2.44. The van der Waals surface area contributed by atoms with Crippen LogP contribution in [0.5, 0.6) is 0 Å². The monoisotopic (exact) mass is 495 g/mol. The molecule has 1 aromatic heterocycles. The standard InChI is InChI=1S/C23H18F5N3O4/c24-22(25,19-16(23(26,27)28)2-1-7-29-19)21(35)30-10-12-3-5-15-13(8-12)11-31(20(15)34)17-6-4-14(32)9-18(17)33/h1-3,5,7-8,17H,4,6,9-11H2,(H,30,35). The van der Waals surface area contributed by atoms with Crippen LogP contribution in [-0.4, -0.2) is 39.3 Å². The number of nitrogens with zero attached hydrogens (tertiary/aromatic N) is 2. The van der Waals surface area contributed by atoms with Gasteiger partial charge < -0.3 is 10.2 Å². The molecule has 35 heavy (non-hydrogen) atoms. The summed E-state index contributed by atoms with van der Waals surface area (Å²) in [5.74, 6) is -7.43. The van der Waals surface area contributed by atoms with Gasteiger partial charge in [-0.2, -0.15) is 22.0 Å². The Balaban J connectivity index is 1.46. The summed E-state index contributed by atoms with van der Waals surface area (Å²) in [5.41, 5.74) is -2.28. The molecule has 1 saturated carbocycles. The minimum absolute atomic E-state index is 0.0690. The number of ketones is 2.